The van der Waals surface area contributed by atoms with Gasteiger partial charge in [-0.05, 0) is 42.9 Å². The minimum Gasteiger partial charge on any atom is -0.286 e. The lowest BCUT2D eigenvalue weighted by Crippen LogP contribution is -2.35. The number of rotatable bonds is 4. The van der Waals surface area contributed by atoms with Gasteiger partial charge in [-0.25, -0.2) is 8.42 Å². The molecule has 1 saturated heterocycles. The van der Waals surface area contributed by atoms with Crippen LogP contribution in [-0.2, 0) is 10.0 Å². The fourth-order valence-corrected chi connectivity index (χ4v) is 5.34. The molecule has 0 atom stereocenters. The van der Waals surface area contributed by atoms with Crippen LogP contribution in [0.3, 0.4) is 0 Å². The fraction of sp³-hybridized carbons (Fsp3) is 0.529. The molecular weight excluding hydrogens is 358 g/mol. The maximum Gasteiger partial charge on any atom is 0.259 e. The average Bonchev–Trinajstić information content (AvgIpc) is 3.10. The standard InChI is InChI=1S/C17H23N3O3S2/c1-2-24-17-18-10-13-20(17)16(21)14-6-8-15(9-7-14)25(22,23)19-11-4-3-5-12-19/h6-9H,2-5,10-13H2,1H3. The minimum atomic E-state index is -3.46. The van der Waals surface area contributed by atoms with Crippen molar-refractivity contribution in [2.45, 2.75) is 31.1 Å². The second-order valence-electron chi connectivity index (χ2n) is 6.04. The lowest BCUT2D eigenvalue weighted by Gasteiger charge is -2.26. The van der Waals surface area contributed by atoms with Gasteiger partial charge in [0, 0.05) is 25.2 Å². The molecule has 1 fully saturated rings. The predicted octanol–water partition coefficient (Wildman–Crippen LogP) is 2.43. The van der Waals surface area contributed by atoms with Gasteiger partial charge >= 0.3 is 0 Å². The van der Waals surface area contributed by atoms with Crippen molar-refractivity contribution in [1.29, 1.82) is 0 Å². The molecule has 1 amide bonds. The van der Waals surface area contributed by atoms with Crippen LogP contribution in [0.1, 0.15) is 36.5 Å². The number of nitrogens with zero attached hydrogens (tertiary/aromatic N) is 3. The van der Waals surface area contributed by atoms with E-state index in [-0.39, 0.29) is 10.8 Å². The molecule has 1 aromatic carbocycles. The Morgan fingerprint density at radius 3 is 2.44 bits per heavy atom. The van der Waals surface area contributed by atoms with Crippen molar-refractivity contribution in [2.75, 3.05) is 31.9 Å². The van der Waals surface area contributed by atoms with Crippen molar-refractivity contribution in [3.05, 3.63) is 29.8 Å². The molecule has 2 aliphatic heterocycles. The number of carbonyl (C=O) groups is 1. The zero-order valence-electron chi connectivity index (χ0n) is 14.3. The lowest BCUT2D eigenvalue weighted by atomic mass is 10.2. The summed E-state index contributed by atoms with van der Waals surface area (Å²) in [5.74, 6) is 0.731. The number of piperidine rings is 1. The van der Waals surface area contributed by atoms with Crippen LogP contribution in [0, 0.1) is 0 Å². The summed E-state index contributed by atoms with van der Waals surface area (Å²) < 4.78 is 26.9. The first-order valence-electron chi connectivity index (χ1n) is 8.63. The molecule has 0 saturated carbocycles. The topological polar surface area (TPSA) is 70.0 Å². The average molecular weight is 382 g/mol. The summed E-state index contributed by atoms with van der Waals surface area (Å²) in [4.78, 5) is 18.9. The highest BCUT2D eigenvalue weighted by Gasteiger charge is 2.28. The second-order valence-corrected chi connectivity index (χ2v) is 9.21. The van der Waals surface area contributed by atoms with Crippen molar-refractivity contribution < 1.29 is 13.2 Å². The van der Waals surface area contributed by atoms with E-state index in [9.17, 15) is 13.2 Å². The molecule has 0 aromatic heterocycles. The van der Waals surface area contributed by atoms with Crippen LogP contribution in [0.4, 0.5) is 0 Å². The highest BCUT2D eigenvalue weighted by Crippen LogP contribution is 2.22. The molecule has 136 valence electrons. The zero-order chi connectivity index (χ0) is 17.9. The van der Waals surface area contributed by atoms with Gasteiger partial charge in [-0.1, -0.05) is 25.1 Å². The second kappa shape index (κ2) is 7.88. The number of hydrogen-bond acceptors (Lipinski definition) is 5. The Bertz CT molecular complexity index is 754. The minimum absolute atomic E-state index is 0.126. The molecule has 0 bridgehead atoms. The molecule has 25 heavy (non-hydrogen) atoms. The van der Waals surface area contributed by atoms with E-state index in [4.69, 9.17) is 0 Å². The molecule has 2 aliphatic rings. The Kier molecular flexibility index (Phi) is 5.81. The van der Waals surface area contributed by atoms with Crippen LogP contribution < -0.4 is 0 Å². The van der Waals surface area contributed by atoms with E-state index in [1.54, 1.807) is 28.8 Å². The summed E-state index contributed by atoms with van der Waals surface area (Å²) >= 11 is 1.55. The van der Waals surface area contributed by atoms with Gasteiger partial charge in [-0.15, -0.1) is 0 Å². The fourth-order valence-electron chi connectivity index (χ4n) is 3.05. The molecule has 2 heterocycles. The summed E-state index contributed by atoms with van der Waals surface area (Å²) in [6.07, 6.45) is 2.89. The van der Waals surface area contributed by atoms with Crippen LogP contribution in [0.15, 0.2) is 34.2 Å². The summed E-state index contributed by atoms with van der Waals surface area (Å²) in [5, 5.41) is 0.748. The smallest absolute Gasteiger partial charge is 0.259 e. The van der Waals surface area contributed by atoms with Crippen LogP contribution >= 0.6 is 11.8 Å². The number of aliphatic imine (C=N–C) groups is 1. The molecule has 3 rings (SSSR count). The van der Waals surface area contributed by atoms with Crippen LogP contribution in [-0.4, -0.2) is 60.6 Å². The van der Waals surface area contributed by atoms with Gasteiger partial charge in [-0.2, -0.15) is 4.31 Å². The van der Waals surface area contributed by atoms with Gasteiger partial charge in [0.15, 0.2) is 5.17 Å². The quantitative estimate of drug-likeness (QED) is 0.803. The van der Waals surface area contributed by atoms with Crippen molar-refractivity contribution in [3.63, 3.8) is 0 Å². The van der Waals surface area contributed by atoms with Crippen LogP contribution in [0.2, 0.25) is 0 Å². The molecule has 0 aliphatic carbocycles. The van der Waals surface area contributed by atoms with E-state index < -0.39 is 10.0 Å². The first-order valence-corrected chi connectivity index (χ1v) is 11.1. The molecule has 8 heteroatoms. The van der Waals surface area contributed by atoms with E-state index in [0.717, 1.165) is 30.2 Å². The maximum atomic E-state index is 12.7. The van der Waals surface area contributed by atoms with Gasteiger partial charge in [0.05, 0.1) is 11.4 Å². The van der Waals surface area contributed by atoms with E-state index >= 15 is 0 Å². The third-order valence-electron chi connectivity index (χ3n) is 4.37. The van der Waals surface area contributed by atoms with Crippen molar-refractivity contribution in [2.24, 2.45) is 4.99 Å². The highest BCUT2D eigenvalue weighted by molar-refractivity contribution is 8.13. The molecule has 0 N–H and O–H groups in total. The van der Waals surface area contributed by atoms with E-state index in [0.29, 0.717) is 31.7 Å². The maximum absolute atomic E-state index is 12.7. The van der Waals surface area contributed by atoms with Gasteiger partial charge < -0.3 is 0 Å². The van der Waals surface area contributed by atoms with Crippen LogP contribution in [0.25, 0.3) is 0 Å². The number of amidine groups is 1. The normalized spacial score (nSPS) is 19.1. The molecule has 1 aromatic rings. The SMILES string of the molecule is CCSC1=NCCN1C(=O)c1ccc(S(=O)(=O)N2CCCCC2)cc1. The largest absolute Gasteiger partial charge is 0.286 e. The third-order valence-corrected chi connectivity index (χ3v) is 7.18. The summed E-state index contributed by atoms with van der Waals surface area (Å²) in [7, 11) is -3.46. The summed E-state index contributed by atoms with van der Waals surface area (Å²) in [6.45, 7) is 4.37. The summed E-state index contributed by atoms with van der Waals surface area (Å²) in [6, 6.07) is 6.28. The molecular formula is C17H23N3O3S2. The number of carbonyl (C=O) groups excluding carboxylic acids is 1. The third kappa shape index (κ3) is 3.91. The van der Waals surface area contributed by atoms with E-state index in [1.807, 2.05) is 6.92 Å². The van der Waals surface area contributed by atoms with Gasteiger partial charge in [-0.3, -0.25) is 14.7 Å². The van der Waals surface area contributed by atoms with E-state index in [1.165, 1.54) is 16.4 Å². The number of hydrogen-bond donors (Lipinski definition) is 0. The van der Waals surface area contributed by atoms with Crippen molar-refractivity contribution in [3.8, 4) is 0 Å². The Labute approximate surface area is 153 Å². The molecule has 6 nitrogen and oxygen atoms in total. The Morgan fingerprint density at radius 1 is 1.12 bits per heavy atom. The highest BCUT2D eigenvalue weighted by atomic mass is 32.2. The van der Waals surface area contributed by atoms with E-state index in [2.05, 4.69) is 4.99 Å². The van der Waals surface area contributed by atoms with Crippen molar-refractivity contribution in [1.82, 2.24) is 9.21 Å². The first-order chi connectivity index (χ1) is 12.0. The number of benzene rings is 1. The monoisotopic (exact) mass is 381 g/mol. The van der Waals surface area contributed by atoms with Gasteiger partial charge in [0.25, 0.3) is 5.91 Å². The number of thioether (sulfide) groups is 1. The first kappa shape index (κ1) is 18.4. The van der Waals surface area contributed by atoms with Gasteiger partial charge in [0.1, 0.15) is 0 Å². The Balaban J connectivity index is 1.76. The summed E-state index contributed by atoms with van der Waals surface area (Å²) in [5.41, 5.74) is 0.490. The van der Waals surface area contributed by atoms with Crippen LogP contribution in [0.5, 0.6) is 0 Å². The molecule has 0 unspecified atom stereocenters. The number of sulfonamides is 1. The zero-order valence-corrected chi connectivity index (χ0v) is 16.0. The molecule has 0 spiro atoms. The molecule has 0 radical (unpaired) electrons. The van der Waals surface area contributed by atoms with Gasteiger partial charge in [0.2, 0.25) is 10.0 Å². The Morgan fingerprint density at radius 2 is 1.80 bits per heavy atom. The predicted molar refractivity (Wildman–Crippen MR) is 101 cm³/mol. The Hall–Kier alpha value is -1.38. The lowest BCUT2D eigenvalue weighted by molar-refractivity contribution is 0.0860. The van der Waals surface area contributed by atoms with Crippen molar-refractivity contribution >= 4 is 32.9 Å². The number of amides is 1.